The maximum absolute atomic E-state index is 11.6. The summed E-state index contributed by atoms with van der Waals surface area (Å²) in [5.41, 5.74) is 1.48. The van der Waals surface area contributed by atoms with E-state index in [1.807, 2.05) is 6.07 Å². The highest BCUT2D eigenvalue weighted by atomic mass is 32.2. The zero-order valence-electron chi connectivity index (χ0n) is 10.7. The molecule has 0 fully saturated rings. The molecule has 19 heavy (non-hydrogen) atoms. The number of rotatable bonds is 2. The Morgan fingerprint density at radius 3 is 3.11 bits per heavy atom. The smallest absolute Gasteiger partial charge is 0.185 e. The fraction of sp³-hybridized carbons (Fsp3) is 0.333. The van der Waals surface area contributed by atoms with Gasteiger partial charge in [0.1, 0.15) is 5.75 Å². The predicted molar refractivity (Wildman–Crippen MR) is 75.5 cm³/mol. The largest absolute Gasteiger partial charge is 0.492 e. The van der Waals surface area contributed by atoms with Gasteiger partial charge in [0.2, 0.25) is 0 Å². The van der Waals surface area contributed by atoms with Gasteiger partial charge in [0, 0.05) is 31.1 Å². The van der Waals surface area contributed by atoms with Crippen LogP contribution in [0.2, 0.25) is 0 Å². The molecule has 0 bridgehead atoms. The number of ether oxygens (including phenoxy) is 1. The lowest BCUT2D eigenvalue weighted by molar-refractivity contribution is -0.109. The third-order valence-corrected chi connectivity index (χ3v) is 3.45. The van der Waals surface area contributed by atoms with Crippen molar-refractivity contribution in [2.24, 2.45) is 0 Å². The number of hydrogen-bond acceptors (Lipinski definition) is 4. The van der Waals surface area contributed by atoms with Gasteiger partial charge in [0.15, 0.2) is 10.9 Å². The van der Waals surface area contributed by atoms with Gasteiger partial charge in [-0.25, -0.2) is 0 Å². The number of ketones is 1. The number of hydrogen-bond donors (Lipinski definition) is 0. The fourth-order valence-corrected chi connectivity index (χ4v) is 2.24. The Hall–Kier alpha value is -1.73. The summed E-state index contributed by atoms with van der Waals surface area (Å²) in [4.78, 5) is 22.3. The van der Waals surface area contributed by atoms with Gasteiger partial charge in [0.25, 0.3) is 0 Å². The average Bonchev–Trinajstić information content (AvgIpc) is 2.38. The van der Waals surface area contributed by atoms with E-state index in [4.69, 9.17) is 4.74 Å². The summed E-state index contributed by atoms with van der Waals surface area (Å²) in [6, 6.07) is 5.40. The number of carbonyl (C=O) groups excluding carboxylic acids is 2. The highest BCUT2D eigenvalue weighted by Crippen LogP contribution is 2.25. The molecule has 2 rings (SSSR count). The van der Waals surface area contributed by atoms with Gasteiger partial charge in [-0.1, -0.05) is 23.6 Å². The van der Waals surface area contributed by atoms with Crippen LogP contribution in [0.5, 0.6) is 5.75 Å². The van der Waals surface area contributed by atoms with Gasteiger partial charge < -0.3 is 4.74 Å². The topological polar surface area (TPSA) is 43.4 Å². The van der Waals surface area contributed by atoms with Crippen LogP contribution in [0.3, 0.4) is 0 Å². The van der Waals surface area contributed by atoms with E-state index in [0.717, 1.165) is 5.56 Å². The molecule has 0 atom stereocenters. The number of Topliss-reactive ketones (excluding diaryl/α,β-unsaturated/α-hetero) is 1. The number of fused-ring (bicyclic) bond motifs is 1. The molecule has 0 saturated carbocycles. The quantitative estimate of drug-likeness (QED) is 0.614. The van der Waals surface area contributed by atoms with Crippen LogP contribution in [-0.4, -0.2) is 23.3 Å². The molecule has 1 aliphatic heterocycles. The average molecular weight is 274 g/mol. The molecule has 0 radical (unpaired) electrons. The second-order valence-electron chi connectivity index (χ2n) is 4.12. The second-order valence-corrected chi connectivity index (χ2v) is 5.40. The molecule has 3 nitrogen and oxygen atoms in total. The van der Waals surface area contributed by atoms with Crippen LogP contribution >= 0.6 is 11.8 Å². The van der Waals surface area contributed by atoms with Crippen LogP contribution < -0.4 is 4.74 Å². The molecule has 0 spiro atoms. The lowest BCUT2D eigenvalue weighted by Gasteiger charge is -2.15. The first-order chi connectivity index (χ1) is 9.16. The van der Waals surface area contributed by atoms with Crippen LogP contribution in [0.25, 0.3) is 0 Å². The van der Waals surface area contributed by atoms with E-state index in [2.05, 4.69) is 11.8 Å². The molecule has 1 aromatic rings. The van der Waals surface area contributed by atoms with Crippen LogP contribution in [-0.2, 0) is 4.79 Å². The lowest BCUT2D eigenvalue weighted by atomic mass is 10.0. The SMILES string of the molecule is CC(=O)SCCC#Cc1ccc2c(c1)OCCC2=O. The third kappa shape index (κ3) is 3.87. The first-order valence-electron chi connectivity index (χ1n) is 6.09. The molecule has 0 aromatic heterocycles. The minimum atomic E-state index is 0.113. The van der Waals surface area contributed by atoms with E-state index in [0.29, 0.717) is 36.5 Å². The van der Waals surface area contributed by atoms with Crippen LogP contribution in [0.15, 0.2) is 18.2 Å². The molecule has 4 heteroatoms. The molecule has 0 aliphatic carbocycles. The van der Waals surface area contributed by atoms with Crippen molar-refractivity contribution in [2.45, 2.75) is 19.8 Å². The molecule has 1 heterocycles. The molecule has 0 unspecified atom stereocenters. The highest BCUT2D eigenvalue weighted by Gasteiger charge is 2.17. The first-order valence-corrected chi connectivity index (χ1v) is 7.07. The van der Waals surface area contributed by atoms with E-state index in [-0.39, 0.29) is 10.9 Å². The van der Waals surface area contributed by atoms with Crippen LogP contribution in [0, 0.1) is 11.8 Å². The second kappa shape index (κ2) is 6.44. The van der Waals surface area contributed by atoms with Gasteiger partial charge in [-0.3, -0.25) is 9.59 Å². The van der Waals surface area contributed by atoms with E-state index >= 15 is 0 Å². The third-order valence-electron chi connectivity index (χ3n) is 2.63. The first kappa shape index (κ1) is 13.7. The van der Waals surface area contributed by atoms with Gasteiger partial charge in [-0.2, -0.15) is 0 Å². The normalized spacial score (nSPS) is 13.0. The van der Waals surface area contributed by atoms with Crippen molar-refractivity contribution in [1.29, 1.82) is 0 Å². The van der Waals surface area contributed by atoms with Crippen molar-refractivity contribution >= 4 is 22.7 Å². The molecular weight excluding hydrogens is 260 g/mol. The van der Waals surface area contributed by atoms with Crippen molar-refractivity contribution in [3.8, 4) is 17.6 Å². The Morgan fingerprint density at radius 1 is 1.47 bits per heavy atom. The van der Waals surface area contributed by atoms with Crippen molar-refractivity contribution in [3.05, 3.63) is 29.3 Å². The van der Waals surface area contributed by atoms with E-state index < -0.39 is 0 Å². The zero-order valence-corrected chi connectivity index (χ0v) is 11.5. The van der Waals surface area contributed by atoms with E-state index in [1.54, 1.807) is 19.1 Å². The van der Waals surface area contributed by atoms with Crippen molar-refractivity contribution in [3.63, 3.8) is 0 Å². The monoisotopic (exact) mass is 274 g/mol. The minimum Gasteiger partial charge on any atom is -0.492 e. The van der Waals surface area contributed by atoms with Gasteiger partial charge >= 0.3 is 0 Å². The maximum atomic E-state index is 11.6. The van der Waals surface area contributed by atoms with Gasteiger partial charge in [0.05, 0.1) is 12.2 Å². The standard InChI is InChI=1S/C15H14O3S/c1-11(16)19-9-3-2-4-12-5-6-13-14(17)7-8-18-15(13)10-12/h5-6,10H,3,7-9H2,1H3. The van der Waals surface area contributed by atoms with Crippen LogP contribution in [0.4, 0.5) is 0 Å². The lowest BCUT2D eigenvalue weighted by Crippen LogP contribution is -2.15. The summed E-state index contributed by atoms with van der Waals surface area (Å²) in [6.45, 7) is 1.99. The van der Waals surface area contributed by atoms with Crippen molar-refractivity contribution < 1.29 is 14.3 Å². The van der Waals surface area contributed by atoms with Crippen LogP contribution in [0.1, 0.15) is 35.7 Å². The molecule has 98 valence electrons. The molecular formula is C15H14O3S. The number of benzene rings is 1. The summed E-state index contributed by atoms with van der Waals surface area (Å²) in [5.74, 6) is 7.49. The molecule has 0 saturated heterocycles. The summed E-state index contributed by atoms with van der Waals surface area (Å²) < 4.78 is 5.46. The summed E-state index contributed by atoms with van der Waals surface area (Å²) in [6.07, 6.45) is 1.11. The van der Waals surface area contributed by atoms with Gasteiger partial charge in [-0.15, -0.1) is 0 Å². The maximum Gasteiger partial charge on any atom is 0.185 e. The summed E-state index contributed by atoms with van der Waals surface area (Å²) in [7, 11) is 0. The zero-order chi connectivity index (χ0) is 13.7. The highest BCUT2D eigenvalue weighted by molar-refractivity contribution is 8.13. The fourth-order valence-electron chi connectivity index (χ4n) is 1.75. The predicted octanol–water partition coefficient (Wildman–Crippen LogP) is 2.67. The Morgan fingerprint density at radius 2 is 2.32 bits per heavy atom. The van der Waals surface area contributed by atoms with E-state index in [9.17, 15) is 9.59 Å². The number of carbonyl (C=O) groups is 2. The Labute approximate surface area is 116 Å². The molecule has 1 aliphatic rings. The number of thioether (sulfide) groups is 1. The molecule has 0 N–H and O–H groups in total. The molecule has 0 amide bonds. The van der Waals surface area contributed by atoms with Gasteiger partial charge in [-0.05, 0) is 18.2 Å². The minimum absolute atomic E-state index is 0.113. The summed E-state index contributed by atoms with van der Waals surface area (Å²) >= 11 is 1.28. The summed E-state index contributed by atoms with van der Waals surface area (Å²) in [5, 5.41) is 0.113. The molecule has 1 aromatic carbocycles. The van der Waals surface area contributed by atoms with Crippen molar-refractivity contribution in [2.75, 3.05) is 12.4 Å². The van der Waals surface area contributed by atoms with Crippen molar-refractivity contribution in [1.82, 2.24) is 0 Å². The Bertz CT molecular complexity index is 566. The Balaban J connectivity index is 2.00. The van der Waals surface area contributed by atoms with E-state index in [1.165, 1.54) is 11.8 Å². The Kier molecular flexibility index (Phi) is 4.64.